The van der Waals surface area contributed by atoms with Gasteiger partial charge in [0, 0.05) is 21.5 Å². The molecule has 1 aliphatic heterocycles. The van der Waals surface area contributed by atoms with E-state index in [4.69, 9.17) is 28.2 Å². The largest absolute Gasteiger partial charge is 0.341 e. The average molecular weight is 398 g/mol. The Labute approximate surface area is 167 Å². The molecule has 1 unspecified atom stereocenters. The average Bonchev–Trinajstić information content (AvgIpc) is 2.70. The molecule has 0 aromatic heterocycles. The van der Waals surface area contributed by atoms with E-state index in [1.807, 2.05) is 66.7 Å². The predicted molar refractivity (Wildman–Crippen MR) is 108 cm³/mol. The van der Waals surface area contributed by atoms with Gasteiger partial charge in [0.2, 0.25) is 5.79 Å². The molecule has 0 saturated carbocycles. The third kappa shape index (κ3) is 3.28. The highest BCUT2D eigenvalue weighted by Crippen LogP contribution is 2.29. The van der Waals surface area contributed by atoms with E-state index in [-0.39, 0.29) is 5.88 Å². The maximum absolute atomic E-state index is 11.2. The Bertz CT molecular complexity index is 1070. The van der Waals surface area contributed by atoms with Crippen molar-refractivity contribution in [3.05, 3.63) is 100 Å². The summed E-state index contributed by atoms with van der Waals surface area (Å²) < 4.78 is 0. The number of nitrogens with zero attached hydrogens (tertiary/aromatic N) is 2. The monoisotopic (exact) mass is 397 g/mol. The first-order chi connectivity index (χ1) is 13.1. The van der Waals surface area contributed by atoms with Gasteiger partial charge in [0.1, 0.15) is 0 Å². The number of halogens is 2. The van der Waals surface area contributed by atoms with Crippen molar-refractivity contribution in [1.29, 1.82) is 0 Å². The van der Waals surface area contributed by atoms with Crippen LogP contribution in [0.1, 0.15) is 5.56 Å². The molecule has 0 bridgehead atoms. The van der Waals surface area contributed by atoms with Crippen molar-refractivity contribution in [1.82, 2.24) is 5.06 Å². The topological polar surface area (TPSA) is 47.9 Å². The highest BCUT2D eigenvalue weighted by atomic mass is 35.5. The van der Waals surface area contributed by atoms with Crippen LogP contribution in [0.4, 0.5) is 5.69 Å². The van der Waals surface area contributed by atoms with Crippen LogP contribution in [-0.2, 0) is 0 Å². The predicted octanol–water partition coefficient (Wildman–Crippen LogP) is 3.83. The molecule has 1 heterocycles. The Morgan fingerprint density at radius 2 is 1.63 bits per heavy atom. The molecule has 0 amide bonds. The van der Waals surface area contributed by atoms with Gasteiger partial charge in [0.05, 0.1) is 16.9 Å². The van der Waals surface area contributed by atoms with Crippen molar-refractivity contribution in [2.75, 3.05) is 11.2 Å². The lowest BCUT2D eigenvalue weighted by Crippen LogP contribution is -2.59. The molecule has 0 fully saturated rings. The van der Waals surface area contributed by atoms with Crippen LogP contribution >= 0.6 is 23.2 Å². The molecule has 27 heavy (non-hydrogen) atoms. The Morgan fingerprint density at radius 1 is 0.963 bits per heavy atom. The Hall–Kier alpha value is -2.53. The highest BCUT2D eigenvalue weighted by Gasteiger charge is 2.40. The van der Waals surface area contributed by atoms with Crippen LogP contribution in [0.25, 0.3) is 5.70 Å². The number of fused-ring (bicyclic) bond motifs is 1. The zero-order chi connectivity index (χ0) is 18.9. The molecule has 4 nitrogen and oxygen atoms in total. The van der Waals surface area contributed by atoms with Crippen molar-refractivity contribution in [2.24, 2.45) is 4.99 Å². The summed E-state index contributed by atoms with van der Waals surface area (Å²) in [4.78, 5) is 4.74. The molecule has 3 aromatic carbocycles. The van der Waals surface area contributed by atoms with Crippen molar-refractivity contribution in [3.8, 4) is 0 Å². The first-order valence-corrected chi connectivity index (χ1v) is 9.38. The molecule has 4 rings (SSSR count). The van der Waals surface area contributed by atoms with Crippen LogP contribution in [0.3, 0.4) is 0 Å². The molecule has 1 aliphatic rings. The number of rotatable bonds is 4. The van der Waals surface area contributed by atoms with Gasteiger partial charge in [0.25, 0.3) is 0 Å². The quantitative estimate of drug-likeness (QED) is 0.657. The van der Waals surface area contributed by atoms with Crippen molar-refractivity contribution in [3.63, 3.8) is 0 Å². The third-order valence-corrected chi connectivity index (χ3v) is 5.04. The molecule has 0 radical (unpaired) electrons. The van der Waals surface area contributed by atoms with Crippen LogP contribution in [0.5, 0.6) is 0 Å². The van der Waals surface area contributed by atoms with Gasteiger partial charge in [-0.15, -0.1) is 11.6 Å². The van der Waals surface area contributed by atoms with Crippen LogP contribution in [0.15, 0.2) is 83.9 Å². The number of benzene rings is 3. The van der Waals surface area contributed by atoms with E-state index in [1.165, 1.54) is 0 Å². The maximum Gasteiger partial charge on any atom is 0.244 e. The maximum atomic E-state index is 11.2. The number of hydroxylamine groups is 2. The first kappa shape index (κ1) is 17.9. The minimum absolute atomic E-state index is 0.0246. The van der Waals surface area contributed by atoms with Crippen molar-refractivity contribution >= 4 is 34.6 Å². The summed E-state index contributed by atoms with van der Waals surface area (Å²) in [5, 5.41) is 17.6. The minimum atomic E-state index is -1.26. The molecule has 2 N–H and O–H groups in total. The van der Waals surface area contributed by atoms with E-state index in [0.717, 1.165) is 21.5 Å². The van der Waals surface area contributed by atoms with Gasteiger partial charge < -0.3 is 5.32 Å². The summed E-state index contributed by atoms with van der Waals surface area (Å²) in [5.41, 5.74) is 2.22. The van der Waals surface area contributed by atoms with Gasteiger partial charge >= 0.3 is 0 Å². The second-order valence-corrected chi connectivity index (χ2v) is 6.94. The summed E-state index contributed by atoms with van der Waals surface area (Å²) in [5.74, 6) is -1.23. The van der Waals surface area contributed by atoms with Gasteiger partial charge in [0.15, 0.2) is 0 Å². The van der Waals surface area contributed by atoms with Gasteiger partial charge in [-0.05, 0) is 30.3 Å². The standard InChI is InChI=1S/C21H17Cl2N3O/c22-14-21(24-17-9-5-2-6-10-17)25-19-12-11-16(23)13-18(19)20(26(21)27)15-7-3-1-4-8-15/h1-13,24,27H,14H2. The van der Waals surface area contributed by atoms with Crippen LogP contribution < -0.4 is 15.9 Å². The second kappa shape index (κ2) is 7.24. The molecular weight excluding hydrogens is 381 g/mol. The lowest BCUT2D eigenvalue weighted by atomic mass is 10.1. The summed E-state index contributed by atoms with van der Waals surface area (Å²) in [6.45, 7) is 0. The van der Waals surface area contributed by atoms with Crippen LogP contribution in [0.2, 0.25) is 5.02 Å². The van der Waals surface area contributed by atoms with E-state index >= 15 is 0 Å². The Morgan fingerprint density at radius 3 is 2.30 bits per heavy atom. The van der Waals surface area contributed by atoms with Gasteiger partial charge in [-0.2, -0.15) is 0 Å². The third-order valence-electron chi connectivity index (χ3n) is 4.43. The number of nitrogens with one attached hydrogen (secondary N) is 1. The number of hydrogen-bond acceptors (Lipinski definition) is 4. The molecule has 0 aliphatic carbocycles. The molecular formula is C21H17Cl2N3O. The summed E-state index contributed by atoms with van der Waals surface area (Å²) >= 11 is 12.6. The molecule has 0 saturated heterocycles. The number of para-hydroxylation sites is 1. The fraction of sp³-hybridized carbons (Fsp3) is 0.0952. The lowest BCUT2D eigenvalue weighted by molar-refractivity contribution is -0.0994. The molecule has 6 heteroatoms. The van der Waals surface area contributed by atoms with E-state index in [0.29, 0.717) is 16.1 Å². The highest BCUT2D eigenvalue weighted by molar-refractivity contribution is 6.30. The summed E-state index contributed by atoms with van der Waals surface area (Å²) in [6.07, 6.45) is 0. The zero-order valence-corrected chi connectivity index (χ0v) is 15.8. The van der Waals surface area contributed by atoms with Gasteiger partial charge in [-0.1, -0.05) is 60.1 Å². The fourth-order valence-electron chi connectivity index (χ4n) is 3.17. The lowest BCUT2D eigenvalue weighted by Gasteiger charge is -2.40. The van der Waals surface area contributed by atoms with Crippen LogP contribution in [0, 0.1) is 0 Å². The SMILES string of the molecule is ON1C(c2ccccc2)=c2cc(Cl)ccc2=NC1(CCl)Nc1ccccc1. The summed E-state index contributed by atoms with van der Waals surface area (Å²) in [6, 6.07) is 24.6. The van der Waals surface area contributed by atoms with E-state index < -0.39 is 5.79 Å². The molecule has 0 spiro atoms. The Kier molecular flexibility index (Phi) is 4.79. The van der Waals surface area contributed by atoms with Crippen molar-refractivity contribution in [2.45, 2.75) is 5.79 Å². The number of anilines is 1. The minimum Gasteiger partial charge on any atom is -0.341 e. The van der Waals surface area contributed by atoms with E-state index in [2.05, 4.69) is 5.32 Å². The smallest absolute Gasteiger partial charge is 0.244 e. The fourth-order valence-corrected chi connectivity index (χ4v) is 3.58. The first-order valence-electron chi connectivity index (χ1n) is 8.46. The number of hydrogen-bond donors (Lipinski definition) is 2. The van der Waals surface area contributed by atoms with Gasteiger partial charge in [-0.3, -0.25) is 5.21 Å². The molecule has 1 atom stereocenters. The van der Waals surface area contributed by atoms with E-state index in [1.54, 1.807) is 12.1 Å². The zero-order valence-electron chi connectivity index (χ0n) is 14.3. The van der Waals surface area contributed by atoms with Crippen LogP contribution in [-0.4, -0.2) is 21.9 Å². The van der Waals surface area contributed by atoms with Crippen molar-refractivity contribution < 1.29 is 5.21 Å². The Balaban J connectivity index is 1.97. The summed E-state index contributed by atoms with van der Waals surface area (Å²) in [7, 11) is 0. The van der Waals surface area contributed by atoms with Gasteiger partial charge in [-0.25, -0.2) is 10.1 Å². The molecule has 3 aromatic rings. The van der Waals surface area contributed by atoms with E-state index in [9.17, 15) is 5.21 Å². The second-order valence-electron chi connectivity index (χ2n) is 6.24. The normalized spacial score (nSPS) is 18.6. The molecule has 136 valence electrons. The number of alkyl halides is 1.